The monoisotopic (exact) mass is 645 g/mol. The molecular formula is C36H40ClN3O4S. The summed E-state index contributed by atoms with van der Waals surface area (Å²) in [7, 11) is -4.17. The highest BCUT2D eigenvalue weighted by atomic mass is 35.5. The van der Waals surface area contributed by atoms with Crippen molar-refractivity contribution in [3.63, 3.8) is 0 Å². The summed E-state index contributed by atoms with van der Waals surface area (Å²) < 4.78 is 29.5. The molecule has 45 heavy (non-hydrogen) atoms. The smallest absolute Gasteiger partial charge is 0.264 e. The van der Waals surface area contributed by atoms with E-state index in [1.807, 2.05) is 70.2 Å². The fraction of sp³-hybridized carbons (Fsp3) is 0.278. The molecule has 0 spiro atoms. The van der Waals surface area contributed by atoms with Crippen LogP contribution in [0.15, 0.2) is 102 Å². The molecule has 4 aromatic carbocycles. The fourth-order valence-corrected chi connectivity index (χ4v) is 6.58. The summed E-state index contributed by atoms with van der Waals surface area (Å²) in [6.45, 7) is 7.61. The second-order valence-electron chi connectivity index (χ2n) is 11.2. The minimum atomic E-state index is -4.17. The number of carbonyl (C=O) groups is 2. The molecule has 0 unspecified atom stereocenters. The molecule has 0 aromatic heterocycles. The average molecular weight is 646 g/mol. The Kier molecular flexibility index (Phi) is 11.4. The van der Waals surface area contributed by atoms with Crippen molar-refractivity contribution in [3.8, 4) is 0 Å². The van der Waals surface area contributed by atoms with Crippen LogP contribution >= 0.6 is 11.6 Å². The molecule has 0 heterocycles. The van der Waals surface area contributed by atoms with E-state index in [1.165, 1.54) is 4.90 Å². The molecule has 1 atom stereocenters. The van der Waals surface area contributed by atoms with Crippen molar-refractivity contribution in [1.29, 1.82) is 0 Å². The van der Waals surface area contributed by atoms with Gasteiger partial charge in [-0.15, -0.1) is 0 Å². The number of aryl methyl sites for hydroxylation is 3. The summed E-state index contributed by atoms with van der Waals surface area (Å²) in [6, 6.07) is 27.5. The molecular weight excluding hydrogens is 606 g/mol. The number of carbonyl (C=O) groups excluding carboxylic acids is 2. The van der Waals surface area contributed by atoms with Gasteiger partial charge in [-0.25, -0.2) is 8.42 Å². The summed E-state index contributed by atoms with van der Waals surface area (Å²) >= 11 is 6.56. The van der Waals surface area contributed by atoms with E-state index in [2.05, 4.69) is 5.32 Å². The molecule has 4 rings (SSSR count). The Balaban J connectivity index is 1.82. The van der Waals surface area contributed by atoms with Gasteiger partial charge < -0.3 is 10.2 Å². The Labute approximate surface area is 271 Å². The van der Waals surface area contributed by atoms with Crippen LogP contribution in [0.25, 0.3) is 0 Å². The number of benzene rings is 4. The summed E-state index contributed by atoms with van der Waals surface area (Å²) in [5.74, 6) is -0.850. The highest BCUT2D eigenvalue weighted by Crippen LogP contribution is 2.28. The molecule has 0 bridgehead atoms. The Bertz CT molecular complexity index is 1730. The summed E-state index contributed by atoms with van der Waals surface area (Å²) in [5.41, 5.74) is 4.67. The maximum Gasteiger partial charge on any atom is 0.264 e. The third-order valence-electron chi connectivity index (χ3n) is 7.79. The molecule has 9 heteroatoms. The molecule has 0 aliphatic rings. The lowest BCUT2D eigenvalue weighted by Crippen LogP contribution is -2.53. The first-order chi connectivity index (χ1) is 21.5. The van der Waals surface area contributed by atoms with Crippen LogP contribution in [0.1, 0.15) is 41.2 Å². The number of sulfonamides is 1. The number of nitrogens with zero attached hydrogens (tertiary/aromatic N) is 2. The minimum absolute atomic E-state index is 0.0148. The largest absolute Gasteiger partial charge is 0.354 e. The maximum atomic E-state index is 14.5. The minimum Gasteiger partial charge on any atom is -0.354 e. The first-order valence-corrected chi connectivity index (χ1v) is 16.8. The summed E-state index contributed by atoms with van der Waals surface area (Å²) in [6.07, 6.45) is 0.957. The van der Waals surface area contributed by atoms with Crippen molar-refractivity contribution >= 4 is 39.1 Å². The van der Waals surface area contributed by atoms with Gasteiger partial charge in [0, 0.05) is 24.5 Å². The lowest BCUT2D eigenvalue weighted by Gasteiger charge is -2.34. The van der Waals surface area contributed by atoms with Crippen LogP contribution in [0.4, 0.5) is 5.69 Å². The van der Waals surface area contributed by atoms with Gasteiger partial charge >= 0.3 is 0 Å². The van der Waals surface area contributed by atoms with Crippen molar-refractivity contribution in [2.45, 2.75) is 58.0 Å². The zero-order chi connectivity index (χ0) is 32.6. The molecule has 7 nitrogen and oxygen atoms in total. The number of nitrogens with one attached hydrogen (secondary N) is 1. The quantitative estimate of drug-likeness (QED) is 0.177. The van der Waals surface area contributed by atoms with E-state index in [1.54, 1.807) is 54.6 Å². The normalized spacial score (nSPS) is 11.9. The molecule has 0 saturated heterocycles. The van der Waals surface area contributed by atoms with Gasteiger partial charge in [0.05, 0.1) is 10.6 Å². The van der Waals surface area contributed by atoms with E-state index in [-0.39, 0.29) is 23.8 Å². The van der Waals surface area contributed by atoms with Crippen molar-refractivity contribution in [3.05, 3.63) is 130 Å². The first kappa shape index (κ1) is 33.7. The SMILES string of the molecule is CCCNC(=O)[C@H](Cc1ccccc1)N(Cc1ccccc1Cl)C(=O)CN(c1ccc(C)c(C)c1)S(=O)(=O)c1ccc(C)cc1. The molecule has 2 amide bonds. The number of hydrogen-bond donors (Lipinski definition) is 1. The van der Waals surface area contributed by atoms with Crippen LogP contribution in [0, 0.1) is 20.8 Å². The molecule has 0 aliphatic carbocycles. The Morgan fingerprint density at radius 3 is 2.16 bits per heavy atom. The van der Waals surface area contributed by atoms with Crippen molar-refractivity contribution in [2.24, 2.45) is 0 Å². The number of anilines is 1. The number of hydrogen-bond acceptors (Lipinski definition) is 4. The third-order valence-corrected chi connectivity index (χ3v) is 9.94. The number of amides is 2. The van der Waals surface area contributed by atoms with Crippen LogP contribution in [0.2, 0.25) is 5.02 Å². The summed E-state index contributed by atoms with van der Waals surface area (Å²) in [5, 5.41) is 3.40. The van der Waals surface area contributed by atoms with Crippen LogP contribution in [-0.4, -0.2) is 44.3 Å². The van der Waals surface area contributed by atoms with Crippen LogP contribution in [0.5, 0.6) is 0 Å². The predicted octanol–water partition coefficient (Wildman–Crippen LogP) is 6.63. The van der Waals surface area contributed by atoms with Gasteiger partial charge in [-0.3, -0.25) is 13.9 Å². The molecule has 1 N–H and O–H groups in total. The Morgan fingerprint density at radius 2 is 1.51 bits per heavy atom. The topological polar surface area (TPSA) is 86.8 Å². The fourth-order valence-electron chi connectivity index (χ4n) is 4.98. The van der Waals surface area contributed by atoms with E-state index in [4.69, 9.17) is 11.6 Å². The molecule has 0 aliphatic heterocycles. The van der Waals surface area contributed by atoms with Crippen LogP contribution in [-0.2, 0) is 32.6 Å². The van der Waals surface area contributed by atoms with Gasteiger partial charge in [-0.2, -0.15) is 0 Å². The van der Waals surface area contributed by atoms with Gasteiger partial charge in [0.2, 0.25) is 11.8 Å². The van der Waals surface area contributed by atoms with Crippen molar-refractivity contribution in [1.82, 2.24) is 10.2 Å². The lowest BCUT2D eigenvalue weighted by molar-refractivity contribution is -0.140. The lowest BCUT2D eigenvalue weighted by atomic mass is 10.0. The molecule has 0 radical (unpaired) electrons. The zero-order valence-corrected chi connectivity index (χ0v) is 27.7. The highest BCUT2D eigenvalue weighted by Gasteiger charge is 2.35. The maximum absolute atomic E-state index is 14.5. The van der Waals surface area contributed by atoms with E-state index in [0.717, 1.165) is 33.0 Å². The summed E-state index contributed by atoms with van der Waals surface area (Å²) in [4.78, 5) is 29.8. The second-order valence-corrected chi connectivity index (χ2v) is 13.5. The average Bonchev–Trinajstić information content (AvgIpc) is 3.03. The molecule has 4 aromatic rings. The van der Waals surface area contributed by atoms with Gasteiger partial charge in [-0.05, 0) is 79.8 Å². The molecule has 0 saturated carbocycles. The van der Waals surface area contributed by atoms with E-state index >= 15 is 0 Å². The van der Waals surface area contributed by atoms with Gasteiger partial charge in [0.25, 0.3) is 10.0 Å². The van der Waals surface area contributed by atoms with E-state index in [0.29, 0.717) is 22.8 Å². The predicted molar refractivity (Wildman–Crippen MR) is 181 cm³/mol. The third kappa shape index (κ3) is 8.53. The standard InChI is InChI=1S/C36H40ClN3O4S/c1-5-21-38-36(42)34(23-29-11-7-6-8-12-29)39(24-30-13-9-10-14-33(30)37)35(41)25-40(31-18-17-27(3)28(4)22-31)45(43,44)32-19-15-26(2)16-20-32/h6-20,22,34H,5,21,23-25H2,1-4H3,(H,38,42)/t34-/m0/s1. The molecule has 236 valence electrons. The number of halogens is 1. The second kappa shape index (κ2) is 15.2. The van der Waals surface area contributed by atoms with Crippen molar-refractivity contribution in [2.75, 3.05) is 17.4 Å². The Hall–Kier alpha value is -4.14. The number of rotatable bonds is 13. The highest BCUT2D eigenvalue weighted by molar-refractivity contribution is 7.92. The Morgan fingerprint density at radius 1 is 0.844 bits per heavy atom. The van der Waals surface area contributed by atoms with Gasteiger partial charge in [0.1, 0.15) is 12.6 Å². The molecule has 0 fully saturated rings. The van der Waals surface area contributed by atoms with Gasteiger partial charge in [-0.1, -0.05) is 90.8 Å². The van der Waals surface area contributed by atoms with E-state index in [9.17, 15) is 18.0 Å². The van der Waals surface area contributed by atoms with Gasteiger partial charge in [0.15, 0.2) is 0 Å². The zero-order valence-electron chi connectivity index (χ0n) is 26.2. The van der Waals surface area contributed by atoms with E-state index < -0.39 is 28.5 Å². The van der Waals surface area contributed by atoms with Crippen LogP contribution < -0.4 is 9.62 Å². The first-order valence-electron chi connectivity index (χ1n) is 15.0. The van der Waals surface area contributed by atoms with Crippen LogP contribution in [0.3, 0.4) is 0 Å². The van der Waals surface area contributed by atoms with Crippen molar-refractivity contribution < 1.29 is 18.0 Å².